The van der Waals surface area contributed by atoms with Crippen molar-refractivity contribution in [1.29, 1.82) is 0 Å². The van der Waals surface area contributed by atoms with Crippen molar-refractivity contribution in [1.82, 2.24) is 4.98 Å². The summed E-state index contributed by atoms with van der Waals surface area (Å²) in [5.74, 6) is 0.196. The lowest BCUT2D eigenvalue weighted by Gasteiger charge is -2.08. The van der Waals surface area contributed by atoms with Gasteiger partial charge in [0.2, 0.25) is 5.76 Å². The number of aliphatic carboxylic acids is 1. The Morgan fingerprint density at radius 1 is 1.06 bits per heavy atom. The van der Waals surface area contributed by atoms with Crippen molar-refractivity contribution in [3.05, 3.63) is 93.4 Å². The molecule has 1 N–H and O–H groups in total. The van der Waals surface area contributed by atoms with Gasteiger partial charge in [-0.2, -0.15) is 0 Å². The minimum atomic E-state index is -1.12. The molecule has 0 amide bonds. The van der Waals surface area contributed by atoms with Gasteiger partial charge in [0.25, 0.3) is 0 Å². The summed E-state index contributed by atoms with van der Waals surface area (Å²) in [4.78, 5) is 17.2. The summed E-state index contributed by atoms with van der Waals surface area (Å²) in [6.07, 6.45) is 3.97. The molecule has 0 bridgehead atoms. The smallest absolute Gasteiger partial charge is 0.371 e. The van der Waals surface area contributed by atoms with E-state index >= 15 is 0 Å². The van der Waals surface area contributed by atoms with Crippen LogP contribution in [0.25, 0.3) is 6.08 Å². The van der Waals surface area contributed by atoms with Gasteiger partial charge in [-0.1, -0.05) is 41.4 Å². The fourth-order valence-electron chi connectivity index (χ4n) is 3.09. The van der Waals surface area contributed by atoms with E-state index in [0.29, 0.717) is 28.1 Å². The molecule has 0 aliphatic carbocycles. The Bertz CT molecular complexity index is 1140. The third-order valence-electron chi connectivity index (χ3n) is 4.87. The number of aryl methyl sites for hydroxylation is 1. The quantitative estimate of drug-likeness (QED) is 0.119. The molecule has 1 aromatic heterocycles. The van der Waals surface area contributed by atoms with E-state index in [0.717, 1.165) is 35.6 Å². The van der Waals surface area contributed by atoms with Crippen LogP contribution in [0.2, 0.25) is 10.0 Å². The molecule has 0 saturated carbocycles. The van der Waals surface area contributed by atoms with Crippen LogP contribution in [-0.4, -0.2) is 29.8 Å². The average Bonchev–Trinajstić information content (AvgIpc) is 2.84. The summed E-state index contributed by atoms with van der Waals surface area (Å²) in [7, 11) is 1.64. The van der Waals surface area contributed by atoms with Gasteiger partial charge >= 0.3 is 5.97 Å². The number of thioether (sulfide) groups is 1. The zero-order chi connectivity index (χ0) is 24.3. The molecule has 34 heavy (non-hydrogen) atoms. The summed E-state index contributed by atoms with van der Waals surface area (Å²) >= 11 is 13.6. The molecule has 178 valence electrons. The first-order chi connectivity index (χ1) is 16.4. The monoisotopic (exact) mass is 517 g/mol. The summed E-state index contributed by atoms with van der Waals surface area (Å²) in [6, 6.07) is 18.9. The fraction of sp³-hybridized carbons (Fsp3) is 0.231. The van der Waals surface area contributed by atoms with E-state index in [1.165, 1.54) is 11.6 Å². The van der Waals surface area contributed by atoms with E-state index in [1.54, 1.807) is 31.0 Å². The maximum atomic E-state index is 11.6. The van der Waals surface area contributed by atoms with E-state index in [9.17, 15) is 9.90 Å². The Kier molecular flexibility index (Phi) is 10.1. The number of pyridine rings is 1. The van der Waals surface area contributed by atoms with Crippen LogP contribution in [-0.2, 0) is 21.7 Å². The van der Waals surface area contributed by atoms with Crippen molar-refractivity contribution >= 4 is 47.0 Å². The van der Waals surface area contributed by atoms with Gasteiger partial charge in [0.15, 0.2) is 0 Å². The van der Waals surface area contributed by atoms with Crippen molar-refractivity contribution < 1.29 is 19.4 Å². The number of unbranched alkanes of at least 4 members (excludes halogenated alkanes) is 1. The van der Waals surface area contributed by atoms with E-state index in [2.05, 4.69) is 4.98 Å². The Hall–Kier alpha value is -2.67. The van der Waals surface area contributed by atoms with Crippen molar-refractivity contribution in [2.45, 2.75) is 29.9 Å². The second kappa shape index (κ2) is 13.3. The maximum absolute atomic E-state index is 11.6. The van der Waals surface area contributed by atoms with Gasteiger partial charge < -0.3 is 14.6 Å². The standard InChI is InChI=1S/C26H25Cl2NO4S/c1-32-21-10-8-18(9-11-21)5-2-3-14-33-25(26(30)31)15-19-6-4-7-20(29-19)17-34-22-12-13-23(27)24(28)16-22/h4,6-13,15-16H,2-3,5,14,17H2,1H3,(H,30,31)/b25-15+. The van der Waals surface area contributed by atoms with Crippen molar-refractivity contribution in [2.75, 3.05) is 13.7 Å². The minimum Gasteiger partial charge on any atom is -0.497 e. The van der Waals surface area contributed by atoms with Crippen LogP contribution < -0.4 is 4.74 Å². The maximum Gasteiger partial charge on any atom is 0.371 e. The van der Waals surface area contributed by atoms with Gasteiger partial charge in [-0.25, -0.2) is 4.79 Å². The lowest BCUT2D eigenvalue weighted by Crippen LogP contribution is -2.07. The molecule has 0 fully saturated rings. The van der Waals surface area contributed by atoms with Crippen LogP contribution in [0.15, 0.2) is 71.3 Å². The molecule has 0 aliphatic heterocycles. The molecule has 5 nitrogen and oxygen atoms in total. The highest BCUT2D eigenvalue weighted by Crippen LogP contribution is 2.29. The molecule has 0 unspecified atom stereocenters. The summed E-state index contributed by atoms with van der Waals surface area (Å²) < 4.78 is 10.7. The first kappa shape index (κ1) is 25.9. The van der Waals surface area contributed by atoms with Crippen LogP contribution in [0.5, 0.6) is 5.75 Å². The second-order valence-electron chi connectivity index (χ2n) is 7.39. The minimum absolute atomic E-state index is 0.119. The van der Waals surface area contributed by atoms with E-state index in [-0.39, 0.29) is 5.76 Å². The summed E-state index contributed by atoms with van der Waals surface area (Å²) in [6.45, 7) is 0.321. The number of carboxylic acid groups (broad SMARTS) is 1. The molecule has 0 aliphatic rings. The predicted octanol–water partition coefficient (Wildman–Crippen LogP) is 7.15. The molecule has 8 heteroatoms. The number of halogens is 2. The zero-order valence-electron chi connectivity index (χ0n) is 18.7. The van der Waals surface area contributed by atoms with E-state index in [4.69, 9.17) is 32.7 Å². The SMILES string of the molecule is COc1ccc(CCCCO/C(=C/c2cccc(CSc3ccc(Cl)c(Cl)c3)n2)C(=O)O)cc1. The van der Waals surface area contributed by atoms with Gasteiger partial charge in [0.05, 0.1) is 35.1 Å². The zero-order valence-corrected chi connectivity index (χ0v) is 21.0. The number of rotatable bonds is 12. The Morgan fingerprint density at radius 3 is 2.56 bits per heavy atom. The number of carboxylic acids is 1. The van der Waals surface area contributed by atoms with E-state index < -0.39 is 5.97 Å². The number of hydrogen-bond donors (Lipinski definition) is 1. The number of hydrogen-bond acceptors (Lipinski definition) is 5. The third kappa shape index (κ3) is 8.28. The molecule has 3 rings (SSSR count). The molecule has 1 heterocycles. The molecule has 0 spiro atoms. The normalized spacial score (nSPS) is 11.3. The molecular formula is C26H25Cl2NO4S. The van der Waals surface area contributed by atoms with Crippen LogP contribution in [0, 0.1) is 0 Å². The lowest BCUT2D eigenvalue weighted by atomic mass is 10.1. The average molecular weight is 518 g/mol. The first-order valence-electron chi connectivity index (χ1n) is 10.7. The number of carbonyl (C=O) groups is 1. The number of ether oxygens (including phenoxy) is 2. The van der Waals surface area contributed by atoms with Crippen molar-refractivity contribution in [3.63, 3.8) is 0 Å². The van der Waals surface area contributed by atoms with Gasteiger partial charge in [-0.3, -0.25) is 4.98 Å². The largest absolute Gasteiger partial charge is 0.497 e. The topological polar surface area (TPSA) is 68.7 Å². The van der Waals surface area contributed by atoms with Crippen LogP contribution in [0.4, 0.5) is 0 Å². The van der Waals surface area contributed by atoms with E-state index in [1.807, 2.05) is 48.5 Å². The highest BCUT2D eigenvalue weighted by molar-refractivity contribution is 7.98. The molecule has 0 saturated heterocycles. The fourth-order valence-corrected chi connectivity index (χ4v) is 4.29. The molecular weight excluding hydrogens is 493 g/mol. The summed E-state index contributed by atoms with van der Waals surface area (Å²) in [5.41, 5.74) is 2.55. The summed E-state index contributed by atoms with van der Waals surface area (Å²) in [5, 5.41) is 10.5. The van der Waals surface area contributed by atoms with Gasteiger partial charge in [0.1, 0.15) is 5.75 Å². The second-order valence-corrected chi connectivity index (χ2v) is 9.25. The molecule has 3 aromatic rings. The van der Waals surface area contributed by atoms with Crippen LogP contribution in [0.3, 0.4) is 0 Å². The number of aromatic nitrogens is 1. The van der Waals surface area contributed by atoms with Gasteiger partial charge in [-0.15, -0.1) is 11.8 Å². The predicted molar refractivity (Wildman–Crippen MR) is 138 cm³/mol. The highest BCUT2D eigenvalue weighted by atomic mass is 35.5. The number of benzene rings is 2. The Morgan fingerprint density at radius 2 is 1.85 bits per heavy atom. The van der Waals surface area contributed by atoms with Gasteiger partial charge in [-0.05, 0) is 67.3 Å². The highest BCUT2D eigenvalue weighted by Gasteiger charge is 2.10. The lowest BCUT2D eigenvalue weighted by molar-refractivity contribution is -0.136. The third-order valence-corrected chi connectivity index (χ3v) is 6.64. The van der Waals surface area contributed by atoms with Crippen molar-refractivity contribution in [2.24, 2.45) is 0 Å². The Balaban J connectivity index is 1.51. The van der Waals surface area contributed by atoms with Gasteiger partial charge in [0, 0.05) is 16.7 Å². The number of nitrogens with zero attached hydrogens (tertiary/aromatic N) is 1. The molecule has 2 aromatic carbocycles. The number of methoxy groups -OCH3 is 1. The molecule has 0 atom stereocenters. The van der Waals surface area contributed by atoms with Crippen LogP contribution in [0.1, 0.15) is 29.8 Å². The Labute approximate surface area is 213 Å². The van der Waals surface area contributed by atoms with Crippen LogP contribution >= 0.6 is 35.0 Å². The van der Waals surface area contributed by atoms with Crippen molar-refractivity contribution in [3.8, 4) is 5.75 Å². The first-order valence-corrected chi connectivity index (χ1v) is 12.4. The molecule has 0 radical (unpaired) electrons.